The number of aryl methyl sites for hydroxylation is 1. The van der Waals surface area contributed by atoms with E-state index >= 15 is 0 Å². The minimum Gasteiger partial charge on any atom is -0.325 e. The third-order valence-electron chi connectivity index (χ3n) is 4.18. The Morgan fingerprint density at radius 1 is 1.14 bits per heavy atom. The van der Waals surface area contributed by atoms with Gasteiger partial charge < -0.3 is 5.32 Å². The molecule has 2 heterocycles. The lowest BCUT2D eigenvalue weighted by Crippen LogP contribution is -2.20. The van der Waals surface area contributed by atoms with Crippen LogP contribution in [0.2, 0.25) is 0 Å². The van der Waals surface area contributed by atoms with Crippen molar-refractivity contribution in [3.8, 4) is 5.69 Å². The Labute approximate surface area is 169 Å². The van der Waals surface area contributed by atoms with Gasteiger partial charge >= 0.3 is 5.56 Å². The molecule has 2 aromatic carbocycles. The van der Waals surface area contributed by atoms with E-state index in [1.807, 2.05) is 31.2 Å². The molecule has 1 amide bonds. The van der Waals surface area contributed by atoms with Gasteiger partial charge in [-0.2, -0.15) is 0 Å². The third kappa shape index (κ3) is 4.04. The van der Waals surface area contributed by atoms with Gasteiger partial charge in [-0.25, -0.2) is 4.39 Å². The number of aromatic nitrogens is 4. The molecule has 1 N–H and O–H groups in total. The second-order valence-electron chi connectivity index (χ2n) is 6.33. The lowest BCUT2D eigenvalue weighted by Gasteiger charge is -2.07. The van der Waals surface area contributed by atoms with Crippen molar-refractivity contribution >= 4 is 29.0 Å². The average Bonchev–Trinajstić information content (AvgIpc) is 3.12. The van der Waals surface area contributed by atoms with Crippen molar-refractivity contribution in [2.75, 3.05) is 11.1 Å². The van der Waals surface area contributed by atoms with Crippen molar-refractivity contribution in [3.05, 3.63) is 82.7 Å². The van der Waals surface area contributed by atoms with Gasteiger partial charge in [-0.15, -0.1) is 10.2 Å². The summed E-state index contributed by atoms with van der Waals surface area (Å²) in [5.74, 6) is -0.444. The van der Waals surface area contributed by atoms with Crippen LogP contribution in [0.3, 0.4) is 0 Å². The molecule has 0 saturated carbocycles. The highest BCUT2D eigenvalue weighted by Gasteiger charge is 2.13. The number of hydrogen-bond donors (Lipinski definition) is 1. The summed E-state index contributed by atoms with van der Waals surface area (Å²) >= 11 is 1.18. The number of thioether (sulfide) groups is 1. The number of fused-ring (bicyclic) bond motifs is 1. The molecule has 4 aromatic rings. The second kappa shape index (κ2) is 7.88. The van der Waals surface area contributed by atoms with Crippen LogP contribution < -0.4 is 10.9 Å². The highest BCUT2D eigenvalue weighted by atomic mass is 32.2. The molecule has 0 spiro atoms. The smallest absolute Gasteiger partial charge is 0.300 e. The summed E-state index contributed by atoms with van der Waals surface area (Å²) in [7, 11) is 0. The maximum absolute atomic E-state index is 13.1. The molecule has 9 heteroatoms. The van der Waals surface area contributed by atoms with Crippen LogP contribution in [0.4, 0.5) is 10.1 Å². The van der Waals surface area contributed by atoms with Crippen molar-refractivity contribution < 1.29 is 9.18 Å². The molecule has 0 bridgehead atoms. The van der Waals surface area contributed by atoms with Crippen LogP contribution in [0.15, 0.2) is 70.9 Å². The lowest BCUT2D eigenvalue weighted by atomic mass is 10.2. The van der Waals surface area contributed by atoms with Crippen LogP contribution in [0.25, 0.3) is 11.3 Å². The normalized spacial score (nSPS) is 11.0. The molecular weight excluding hydrogens is 393 g/mol. The van der Waals surface area contributed by atoms with Crippen LogP contribution in [0, 0.1) is 12.7 Å². The Balaban J connectivity index is 1.52. The number of amides is 1. The van der Waals surface area contributed by atoms with E-state index in [9.17, 15) is 14.0 Å². The molecule has 4 rings (SSSR count). The summed E-state index contributed by atoms with van der Waals surface area (Å²) in [6.07, 6.45) is 3.20. The minimum absolute atomic E-state index is 0.121. The first kappa shape index (κ1) is 18.9. The van der Waals surface area contributed by atoms with Crippen LogP contribution in [-0.2, 0) is 4.79 Å². The van der Waals surface area contributed by atoms with E-state index in [4.69, 9.17) is 0 Å². The lowest BCUT2D eigenvalue weighted by molar-refractivity contribution is -0.113. The summed E-state index contributed by atoms with van der Waals surface area (Å²) in [4.78, 5) is 24.9. The van der Waals surface area contributed by atoms with E-state index in [0.717, 1.165) is 11.3 Å². The van der Waals surface area contributed by atoms with E-state index in [1.165, 1.54) is 45.0 Å². The number of hydrogen-bond acceptors (Lipinski definition) is 5. The Morgan fingerprint density at radius 3 is 2.69 bits per heavy atom. The molecule has 2 aromatic heterocycles. The number of carbonyl (C=O) groups is 1. The van der Waals surface area contributed by atoms with Gasteiger partial charge in [0, 0.05) is 23.8 Å². The Kier molecular flexibility index (Phi) is 5.13. The molecule has 0 fully saturated rings. The second-order valence-corrected chi connectivity index (χ2v) is 7.27. The van der Waals surface area contributed by atoms with E-state index in [-0.39, 0.29) is 28.7 Å². The first-order chi connectivity index (χ1) is 14.0. The molecule has 0 aliphatic heterocycles. The molecule has 7 nitrogen and oxygen atoms in total. The predicted octanol–water partition coefficient (Wildman–Crippen LogP) is 3.06. The number of nitrogens with one attached hydrogen (secondary N) is 1. The summed E-state index contributed by atoms with van der Waals surface area (Å²) in [5, 5.41) is 11.2. The minimum atomic E-state index is -0.386. The van der Waals surface area contributed by atoms with Gasteiger partial charge in [-0.05, 0) is 48.9 Å². The van der Waals surface area contributed by atoms with Crippen molar-refractivity contribution in [2.45, 2.75) is 12.1 Å². The zero-order chi connectivity index (χ0) is 20.4. The van der Waals surface area contributed by atoms with E-state index < -0.39 is 0 Å². The van der Waals surface area contributed by atoms with Gasteiger partial charge in [0.05, 0.1) is 5.75 Å². The van der Waals surface area contributed by atoms with E-state index in [0.29, 0.717) is 10.8 Å². The number of nitrogens with zero attached hydrogens (tertiary/aromatic N) is 4. The molecule has 0 radical (unpaired) electrons. The largest absolute Gasteiger partial charge is 0.325 e. The number of benzene rings is 2. The molecule has 0 unspecified atom stereocenters. The van der Waals surface area contributed by atoms with Crippen molar-refractivity contribution in [2.24, 2.45) is 0 Å². The van der Waals surface area contributed by atoms with Crippen molar-refractivity contribution in [3.63, 3.8) is 0 Å². The van der Waals surface area contributed by atoms with Crippen LogP contribution in [0.1, 0.15) is 5.56 Å². The standard InChI is InChI=1S/C20H16FN5O2S/c1-13-3-2-4-15(11-13)22-17(27)12-29-20-24-23-18-19(28)25(9-10-26(18)20)16-7-5-14(21)6-8-16/h2-11H,12H2,1H3,(H,22,27). The molecule has 146 valence electrons. The zero-order valence-corrected chi connectivity index (χ0v) is 16.2. The maximum Gasteiger partial charge on any atom is 0.300 e. The van der Waals surface area contributed by atoms with Crippen molar-refractivity contribution in [1.82, 2.24) is 19.2 Å². The van der Waals surface area contributed by atoms with Gasteiger partial charge in [-0.3, -0.25) is 18.6 Å². The topological polar surface area (TPSA) is 81.3 Å². The third-order valence-corrected chi connectivity index (χ3v) is 5.12. The van der Waals surface area contributed by atoms with Crippen LogP contribution in [0.5, 0.6) is 0 Å². The number of halogens is 1. The fourth-order valence-corrected chi connectivity index (χ4v) is 3.54. The molecular formula is C20H16FN5O2S. The van der Waals surface area contributed by atoms with Crippen LogP contribution >= 0.6 is 11.8 Å². The van der Waals surface area contributed by atoms with Gasteiger partial charge in [0.2, 0.25) is 11.6 Å². The summed E-state index contributed by atoms with van der Waals surface area (Å²) in [6.45, 7) is 1.95. The Morgan fingerprint density at radius 2 is 1.93 bits per heavy atom. The summed E-state index contributed by atoms with van der Waals surface area (Å²) in [6, 6.07) is 13.1. The quantitative estimate of drug-likeness (QED) is 0.513. The molecule has 0 aliphatic carbocycles. The highest BCUT2D eigenvalue weighted by molar-refractivity contribution is 7.99. The highest BCUT2D eigenvalue weighted by Crippen LogP contribution is 2.17. The maximum atomic E-state index is 13.1. The van der Waals surface area contributed by atoms with Gasteiger partial charge in [0.15, 0.2) is 5.16 Å². The van der Waals surface area contributed by atoms with E-state index in [1.54, 1.807) is 12.4 Å². The number of anilines is 1. The fourth-order valence-electron chi connectivity index (χ4n) is 2.82. The number of carbonyl (C=O) groups excluding carboxylic acids is 1. The molecule has 0 saturated heterocycles. The van der Waals surface area contributed by atoms with Crippen molar-refractivity contribution in [1.29, 1.82) is 0 Å². The molecule has 0 aliphatic rings. The van der Waals surface area contributed by atoms with E-state index in [2.05, 4.69) is 15.5 Å². The fraction of sp³-hybridized carbons (Fsp3) is 0.100. The SMILES string of the molecule is Cc1cccc(NC(=O)CSc2nnc3c(=O)n(-c4ccc(F)cc4)ccn23)c1. The molecule has 0 atom stereocenters. The summed E-state index contributed by atoms with van der Waals surface area (Å²) < 4.78 is 16.0. The van der Waals surface area contributed by atoms with Gasteiger partial charge in [0.1, 0.15) is 5.82 Å². The Bertz CT molecular complexity index is 1250. The van der Waals surface area contributed by atoms with Gasteiger partial charge in [0.25, 0.3) is 0 Å². The predicted molar refractivity (Wildman–Crippen MR) is 109 cm³/mol. The Hall–Kier alpha value is -3.46. The molecule has 29 heavy (non-hydrogen) atoms. The first-order valence-electron chi connectivity index (χ1n) is 8.73. The zero-order valence-electron chi connectivity index (χ0n) is 15.4. The van der Waals surface area contributed by atoms with Crippen LogP contribution in [-0.4, -0.2) is 30.8 Å². The summed E-state index contributed by atoms with van der Waals surface area (Å²) in [5.41, 5.74) is 2.04. The van der Waals surface area contributed by atoms with Gasteiger partial charge in [-0.1, -0.05) is 23.9 Å². The monoisotopic (exact) mass is 409 g/mol. The average molecular weight is 409 g/mol. The first-order valence-corrected chi connectivity index (χ1v) is 9.71. The number of rotatable bonds is 5.